The summed E-state index contributed by atoms with van der Waals surface area (Å²) in [4.78, 5) is 14.4. The van der Waals surface area contributed by atoms with Gasteiger partial charge in [0.1, 0.15) is 17.1 Å². The normalized spacial score (nSPS) is 53.0. The van der Waals surface area contributed by atoms with Crippen molar-refractivity contribution in [1.82, 2.24) is 0 Å². The number of fused-ring (bicyclic) bond motifs is 7. The lowest BCUT2D eigenvalue weighted by atomic mass is 9.41. The molecule has 1 saturated heterocycles. The third-order valence-corrected chi connectivity index (χ3v) is 15.2. The molecule has 48 heavy (non-hydrogen) atoms. The standard InChI is InChI=1S/C38H54O10/c1-18-7-6-9-38(33(45)19(18)2)36(5,46)32-28(48-38)17-37(47)25-15-26(42)30-29(20-11-22(40)14-23(41)12-20)31(44)27(43)16-34(30,3)24(25)13-21(8-10-39)35(32,37)4/h11-12,14-15,18-19,21,24,27-33,39-41,43-47H,6-10,13,16-17H2,1-5H3. The van der Waals surface area contributed by atoms with Gasteiger partial charge >= 0.3 is 0 Å². The second-order valence-electron chi connectivity index (χ2n) is 17.2. The number of hydrogen-bond acceptors (Lipinski definition) is 10. The van der Waals surface area contributed by atoms with E-state index in [4.69, 9.17) is 4.74 Å². The molecule has 1 spiro atoms. The molecule has 0 aromatic heterocycles. The van der Waals surface area contributed by atoms with Crippen molar-refractivity contribution in [2.75, 3.05) is 6.61 Å². The first kappa shape index (κ1) is 34.4. The molecule has 0 radical (unpaired) electrons. The predicted octanol–water partition coefficient (Wildman–Crippen LogP) is 2.92. The zero-order valence-corrected chi connectivity index (χ0v) is 28.7. The van der Waals surface area contributed by atoms with Crippen LogP contribution in [0.3, 0.4) is 0 Å². The van der Waals surface area contributed by atoms with Crippen molar-refractivity contribution >= 4 is 5.78 Å². The summed E-state index contributed by atoms with van der Waals surface area (Å²) in [5.41, 5.74) is -5.47. The van der Waals surface area contributed by atoms with Gasteiger partial charge in [-0.25, -0.2) is 0 Å². The predicted molar refractivity (Wildman–Crippen MR) is 175 cm³/mol. The molecular formula is C38H54O10. The molecule has 16 atom stereocenters. The van der Waals surface area contributed by atoms with Gasteiger partial charge < -0.3 is 45.6 Å². The summed E-state index contributed by atoms with van der Waals surface area (Å²) in [5.74, 6) is -3.76. The first-order valence-corrected chi connectivity index (χ1v) is 18.0. The summed E-state index contributed by atoms with van der Waals surface area (Å²) in [6, 6.07) is 3.96. The van der Waals surface area contributed by atoms with Crippen molar-refractivity contribution in [2.24, 2.45) is 46.3 Å². The highest BCUT2D eigenvalue weighted by molar-refractivity contribution is 5.96. The minimum atomic E-state index is -1.60. The number of phenols is 2. The molecule has 4 saturated carbocycles. The number of aliphatic hydroxyl groups excluding tert-OH is 4. The topological polar surface area (TPSA) is 188 Å². The number of rotatable bonds is 3. The van der Waals surface area contributed by atoms with Crippen LogP contribution in [0.2, 0.25) is 0 Å². The fraction of sp³-hybridized carbons (Fsp3) is 0.763. The van der Waals surface area contributed by atoms with E-state index in [0.717, 1.165) is 12.8 Å². The van der Waals surface area contributed by atoms with Gasteiger partial charge in [0.05, 0.1) is 35.6 Å². The lowest BCUT2D eigenvalue weighted by Gasteiger charge is -2.64. The summed E-state index contributed by atoms with van der Waals surface area (Å²) in [6.45, 7) is 9.58. The molecule has 10 heteroatoms. The molecule has 0 bridgehead atoms. The van der Waals surface area contributed by atoms with Gasteiger partial charge in [-0.15, -0.1) is 0 Å². The molecule has 5 aliphatic carbocycles. The van der Waals surface area contributed by atoms with E-state index in [1.54, 1.807) is 6.92 Å². The van der Waals surface area contributed by atoms with Crippen molar-refractivity contribution < 1.29 is 50.4 Å². The van der Waals surface area contributed by atoms with Gasteiger partial charge in [-0.1, -0.05) is 40.5 Å². The van der Waals surface area contributed by atoms with E-state index < -0.39 is 75.7 Å². The Labute approximate surface area is 282 Å². The Hall–Kier alpha value is -2.05. The number of ketones is 1. The number of phenolic OH excluding ortho intramolecular Hbond substituents is 2. The molecule has 8 N–H and O–H groups in total. The lowest BCUT2D eigenvalue weighted by Crippen LogP contribution is -2.68. The van der Waals surface area contributed by atoms with Crippen LogP contribution >= 0.6 is 0 Å². The van der Waals surface area contributed by atoms with Crippen LogP contribution in [0, 0.1) is 46.3 Å². The van der Waals surface area contributed by atoms with Crippen molar-refractivity contribution in [1.29, 1.82) is 0 Å². The summed E-state index contributed by atoms with van der Waals surface area (Å²) in [6.07, 6.45) is 0.565. The number of benzene rings is 1. The van der Waals surface area contributed by atoms with Gasteiger partial charge in [-0.2, -0.15) is 0 Å². The molecule has 10 nitrogen and oxygen atoms in total. The average molecular weight is 671 g/mol. The average Bonchev–Trinajstić information content (AvgIpc) is 3.33. The molecule has 0 amide bonds. The number of aromatic hydroxyl groups is 2. The molecule has 16 unspecified atom stereocenters. The Morgan fingerprint density at radius 1 is 0.979 bits per heavy atom. The van der Waals surface area contributed by atoms with Crippen molar-refractivity contribution in [3.05, 3.63) is 35.4 Å². The summed E-state index contributed by atoms with van der Waals surface area (Å²) in [7, 11) is 0. The highest BCUT2D eigenvalue weighted by atomic mass is 16.6. The molecule has 6 aliphatic rings. The zero-order valence-electron chi connectivity index (χ0n) is 28.7. The first-order valence-electron chi connectivity index (χ1n) is 18.0. The van der Waals surface area contributed by atoms with E-state index >= 15 is 0 Å². The number of carbonyl (C=O) groups excluding carboxylic acids is 1. The maximum absolute atomic E-state index is 14.4. The number of ether oxygens (including phenoxy) is 1. The number of allylic oxidation sites excluding steroid dienone is 1. The molecular weight excluding hydrogens is 616 g/mol. The lowest BCUT2D eigenvalue weighted by molar-refractivity contribution is -0.230. The smallest absolute Gasteiger partial charge is 0.160 e. The summed E-state index contributed by atoms with van der Waals surface area (Å²) < 4.78 is 6.90. The Bertz CT molecular complexity index is 1490. The van der Waals surface area contributed by atoms with Crippen LogP contribution < -0.4 is 0 Å². The molecule has 266 valence electrons. The van der Waals surface area contributed by atoms with Crippen molar-refractivity contribution in [3.8, 4) is 11.5 Å². The summed E-state index contributed by atoms with van der Waals surface area (Å²) >= 11 is 0. The Morgan fingerprint density at radius 3 is 2.29 bits per heavy atom. The van der Waals surface area contributed by atoms with Gasteiger partial charge in [0, 0.05) is 42.3 Å². The van der Waals surface area contributed by atoms with Crippen LogP contribution in [-0.4, -0.2) is 94.5 Å². The number of carbonyl (C=O) groups is 1. The van der Waals surface area contributed by atoms with Crippen LogP contribution in [0.5, 0.6) is 11.5 Å². The number of aliphatic hydroxyl groups is 6. The van der Waals surface area contributed by atoms with Gasteiger partial charge in [-0.05, 0) is 91.0 Å². The van der Waals surface area contributed by atoms with E-state index in [1.165, 1.54) is 24.3 Å². The molecule has 5 fully saturated rings. The van der Waals surface area contributed by atoms with Crippen molar-refractivity contribution in [2.45, 2.75) is 127 Å². The second-order valence-corrected chi connectivity index (χ2v) is 17.2. The first-order chi connectivity index (χ1) is 22.4. The molecule has 1 heterocycles. The third kappa shape index (κ3) is 4.20. The maximum Gasteiger partial charge on any atom is 0.160 e. The van der Waals surface area contributed by atoms with E-state index in [-0.39, 0.29) is 54.5 Å². The van der Waals surface area contributed by atoms with Crippen LogP contribution in [-0.2, 0) is 9.53 Å². The molecule has 1 aliphatic heterocycles. The van der Waals surface area contributed by atoms with E-state index in [1.807, 2.05) is 20.8 Å². The molecule has 7 rings (SSSR count). The Morgan fingerprint density at radius 2 is 1.65 bits per heavy atom. The van der Waals surface area contributed by atoms with Gasteiger partial charge in [0.2, 0.25) is 0 Å². The summed E-state index contributed by atoms with van der Waals surface area (Å²) in [5, 5.41) is 91.5. The van der Waals surface area contributed by atoms with Gasteiger partial charge in [-0.3, -0.25) is 4.79 Å². The SMILES string of the molecule is CC1CCCC2(OC3CC4(O)C5=CC(=O)C6C(c7cc(O)cc(O)c7)C(O)C(O)CC6(C)C5CC(CCO)C4(C)C3C2(C)O)C(O)C1C. The fourth-order valence-corrected chi connectivity index (χ4v) is 12.7. The van der Waals surface area contributed by atoms with E-state index in [2.05, 4.69) is 6.92 Å². The van der Waals surface area contributed by atoms with Gasteiger partial charge in [0.15, 0.2) is 5.78 Å². The highest BCUT2D eigenvalue weighted by Crippen LogP contribution is 2.75. The monoisotopic (exact) mass is 670 g/mol. The quantitative estimate of drug-likeness (QED) is 0.238. The number of hydrogen-bond donors (Lipinski definition) is 8. The van der Waals surface area contributed by atoms with Crippen LogP contribution in [0.1, 0.15) is 91.0 Å². The second kappa shape index (κ2) is 11.0. The molecule has 1 aromatic carbocycles. The van der Waals surface area contributed by atoms with Crippen LogP contribution in [0.4, 0.5) is 0 Å². The largest absolute Gasteiger partial charge is 0.508 e. The van der Waals surface area contributed by atoms with E-state index in [0.29, 0.717) is 30.4 Å². The third-order valence-electron chi connectivity index (χ3n) is 15.2. The van der Waals surface area contributed by atoms with Crippen LogP contribution in [0.15, 0.2) is 29.8 Å². The van der Waals surface area contributed by atoms with Gasteiger partial charge in [0.25, 0.3) is 0 Å². The van der Waals surface area contributed by atoms with Crippen molar-refractivity contribution in [3.63, 3.8) is 0 Å². The molecule has 1 aromatic rings. The fourth-order valence-electron chi connectivity index (χ4n) is 12.7. The minimum absolute atomic E-state index is 0.0823. The Balaban J connectivity index is 1.36. The van der Waals surface area contributed by atoms with Crippen LogP contribution in [0.25, 0.3) is 0 Å². The highest BCUT2D eigenvalue weighted by Gasteiger charge is 2.80. The Kier molecular flexibility index (Phi) is 7.86. The zero-order chi connectivity index (χ0) is 34.9. The maximum atomic E-state index is 14.4. The minimum Gasteiger partial charge on any atom is -0.508 e. The van der Waals surface area contributed by atoms with E-state index in [9.17, 15) is 45.6 Å².